The molecule has 0 aromatic heterocycles. The molecule has 1 amide bonds. The molecule has 1 saturated heterocycles. The van der Waals surface area contributed by atoms with Crippen molar-refractivity contribution < 1.29 is 4.79 Å². The molecule has 114 valence electrons. The predicted octanol–water partition coefficient (Wildman–Crippen LogP) is 3.29. The Labute approximate surface area is 123 Å². The Morgan fingerprint density at radius 2 is 1.85 bits per heavy atom. The van der Waals surface area contributed by atoms with Crippen LogP contribution in [-0.2, 0) is 4.79 Å². The van der Waals surface area contributed by atoms with Crippen LogP contribution >= 0.6 is 0 Å². The van der Waals surface area contributed by atoms with Crippen molar-refractivity contribution in [3.8, 4) is 0 Å². The fourth-order valence-electron chi connectivity index (χ4n) is 4.71. The van der Waals surface area contributed by atoms with Crippen LogP contribution in [0.1, 0.15) is 72.1 Å². The van der Waals surface area contributed by atoms with Gasteiger partial charge in [-0.3, -0.25) is 10.1 Å². The van der Waals surface area contributed by atoms with Crippen LogP contribution in [0.3, 0.4) is 0 Å². The summed E-state index contributed by atoms with van der Waals surface area (Å²) in [5, 5.41) is 3.60. The van der Waals surface area contributed by atoms with Gasteiger partial charge in [-0.2, -0.15) is 0 Å². The van der Waals surface area contributed by atoms with Crippen LogP contribution in [0.15, 0.2) is 0 Å². The van der Waals surface area contributed by atoms with E-state index in [0.29, 0.717) is 29.4 Å². The van der Waals surface area contributed by atoms with Gasteiger partial charge in [-0.15, -0.1) is 0 Å². The van der Waals surface area contributed by atoms with Crippen molar-refractivity contribution in [2.45, 2.75) is 90.4 Å². The Morgan fingerprint density at radius 3 is 2.50 bits per heavy atom. The van der Waals surface area contributed by atoms with E-state index >= 15 is 0 Å². The Morgan fingerprint density at radius 1 is 1.15 bits per heavy atom. The van der Waals surface area contributed by atoms with E-state index in [2.05, 4.69) is 24.1 Å². The zero-order chi connectivity index (χ0) is 14.3. The summed E-state index contributed by atoms with van der Waals surface area (Å²) >= 11 is 0. The Hall–Kier alpha value is -0.570. The first kappa shape index (κ1) is 14.4. The summed E-state index contributed by atoms with van der Waals surface area (Å²) in [5.74, 6) is 1.04. The lowest BCUT2D eigenvalue weighted by Gasteiger charge is -2.43. The van der Waals surface area contributed by atoms with Crippen LogP contribution in [0.2, 0.25) is 0 Å². The third kappa shape index (κ3) is 2.61. The third-order valence-corrected chi connectivity index (χ3v) is 5.76. The smallest absolute Gasteiger partial charge is 0.240 e. The molecule has 3 aliphatic rings. The maximum Gasteiger partial charge on any atom is 0.240 e. The number of hydrogen-bond acceptors (Lipinski definition) is 2. The van der Waals surface area contributed by atoms with Gasteiger partial charge >= 0.3 is 0 Å². The Kier molecular flexibility index (Phi) is 3.83. The van der Waals surface area contributed by atoms with Crippen LogP contribution in [0, 0.1) is 11.3 Å². The van der Waals surface area contributed by atoms with Crippen molar-refractivity contribution in [2.75, 3.05) is 0 Å². The van der Waals surface area contributed by atoms with E-state index in [1.165, 1.54) is 51.4 Å². The van der Waals surface area contributed by atoms with E-state index in [0.717, 1.165) is 0 Å². The van der Waals surface area contributed by atoms with Crippen molar-refractivity contribution in [3.05, 3.63) is 0 Å². The molecule has 0 bridgehead atoms. The average molecular weight is 278 g/mol. The summed E-state index contributed by atoms with van der Waals surface area (Å²) in [7, 11) is 0. The largest absolute Gasteiger partial charge is 0.323 e. The molecule has 3 heteroatoms. The van der Waals surface area contributed by atoms with Crippen LogP contribution in [0.5, 0.6) is 0 Å². The van der Waals surface area contributed by atoms with E-state index in [1.54, 1.807) is 0 Å². The van der Waals surface area contributed by atoms with Crippen LogP contribution < -0.4 is 5.32 Å². The number of carbonyl (C=O) groups excluding carboxylic acids is 1. The minimum Gasteiger partial charge on any atom is -0.323 e. The summed E-state index contributed by atoms with van der Waals surface area (Å²) in [4.78, 5) is 14.9. The lowest BCUT2D eigenvalue weighted by Crippen LogP contribution is -2.50. The summed E-state index contributed by atoms with van der Waals surface area (Å²) < 4.78 is 0. The lowest BCUT2D eigenvalue weighted by atomic mass is 9.74. The van der Waals surface area contributed by atoms with Gasteiger partial charge in [0.15, 0.2) is 0 Å². The predicted molar refractivity (Wildman–Crippen MR) is 81.2 cm³/mol. The number of hydrogen-bond donors (Lipinski definition) is 1. The Balaban J connectivity index is 1.78. The van der Waals surface area contributed by atoms with E-state index < -0.39 is 0 Å². The maximum absolute atomic E-state index is 12.6. The highest BCUT2D eigenvalue weighted by Gasteiger charge is 2.46. The monoisotopic (exact) mass is 278 g/mol. The molecule has 0 aromatic rings. The molecular weight excluding hydrogens is 248 g/mol. The van der Waals surface area contributed by atoms with Crippen molar-refractivity contribution in [1.82, 2.24) is 10.2 Å². The van der Waals surface area contributed by atoms with Gasteiger partial charge in [0.25, 0.3) is 0 Å². The second kappa shape index (κ2) is 5.32. The number of carbonyl (C=O) groups is 1. The van der Waals surface area contributed by atoms with Gasteiger partial charge in [-0.05, 0) is 50.4 Å². The average Bonchev–Trinajstić information content (AvgIpc) is 2.98. The molecule has 0 radical (unpaired) electrons. The van der Waals surface area contributed by atoms with Crippen LogP contribution in [-0.4, -0.2) is 29.1 Å². The maximum atomic E-state index is 12.6. The molecule has 1 N–H and O–H groups in total. The molecule has 1 aliphatic heterocycles. The van der Waals surface area contributed by atoms with E-state index in [-0.39, 0.29) is 6.04 Å². The SMILES string of the molecule is CC1NC(C2CCCC2)N(C2CCCC(C)(C)C2)C1=O. The van der Waals surface area contributed by atoms with E-state index in [9.17, 15) is 4.79 Å². The van der Waals surface area contributed by atoms with Gasteiger partial charge in [0.2, 0.25) is 5.91 Å². The van der Waals surface area contributed by atoms with Crippen molar-refractivity contribution in [3.63, 3.8) is 0 Å². The molecule has 2 aliphatic carbocycles. The molecule has 3 unspecified atom stereocenters. The molecule has 0 aromatic carbocycles. The van der Waals surface area contributed by atoms with Gasteiger partial charge in [0.1, 0.15) is 0 Å². The molecule has 3 atom stereocenters. The Bertz CT molecular complexity index is 373. The first-order valence-corrected chi connectivity index (χ1v) is 8.56. The fraction of sp³-hybridized carbons (Fsp3) is 0.941. The molecule has 3 nitrogen and oxygen atoms in total. The third-order valence-electron chi connectivity index (χ3n) is 5.76. The fourth-order valence-corrected chi connectivity index (χ4v) is 4.71. The summed E-state index contributed by atoms with van der Waals surface area (Å²) in [6, 6.07) is 0.486. The van der Waals surface area contributed by atoms with Gasteiger partial charge in [-0.25, -0.2) is 0 Å². The zero-order valence-electron chi connectivity index (χ0n) is 13.3. The van der Waals surface area contributed by atoms with Crippen molar-refractivity contribution in [2.24, 2.45) is 11.3 Å². The molecule has 3 fully saturated rings. The van der Waals surface area contributed by atoms with Crippen LogP contribution in [0.25, 0.3) is 0 Å². The molecule has 0 spiro atoms. The number of nitrogens with one attached hydrogen (secondary N) is 1. The summed E-state index contributed by atoms with van der Waals surface area (Å²) in [6.45, 7) is 6.76. The molecular formula is C17H30N2O. The van der Waals surface area contributed by atoms with E-state index in [1.807, 2.05) is 6.92 Å². The molecule has 3 rings (SSSR count). The highest BCUT2D eigenvalue weighted by atomic mass is 16.2. The van der Waals surface area contributed by atoms with Gasteiger partial charge in [0.05, 0.1) is 12.2 Å². The first-order chi connectivity index (χ1) is 9.48. The first-order valence-electron chi connectivity index (χ1n) is 8.56. The number of amides is 1. The summed E-state index contributed by atoms with van der Waals surface area (Å²) in [6.07, 6.45) is 10.6. The van der Waals surface area contributed by atoms with Gasteiger partial charge < -0.3 is 4.90 Å². The van der Waals surface area contributed by atoms with Crippen molar-refractivity contribution in [1.29, 1.82) is 0 Å². The second-order valence-corrected chi connectivity index (χ2v) is 8.04. The highest BCUT2D eigenvalue weighted by molar-refractivity contribution is 5.84. The van der Waals surface area contributed by atoms with Crippen molar-refractivity contribution >= 4 is 5.91 Å². The highest BCUT2D eigenvalue weighted by Crippen LogP contribution is 2.41. The van der Waals surface area contributed by atoms with Crippen LogP contribution in [0.4, 0.5) is 0 Å². The number of nitrogens with zero attached hydrogens (tertiary/aromatic N) is 1. The lowest BCUT2D eigenvalue weighted by molar-refractivity contribution is -0.134. The molecule has 2 saturated carbocycles. The minimum atomic E-state index is 0.0191. The standard InChI is InChI=1S/C17H30N2O/c1-12-16(20)19(14-9-6-10-17(2,3)11-14)15(18-12)13-7-4-5-8-13/h12-15,18H,4-11H2,1-3H3. The normalized spacial score (nSPS) is 38.6. The zero-order valence-corrected chi connectivity index (χ0v) is 13.3. The van der Waals surface area contributed by atoms with Gasteiger partial charge in [-0.1, -0.05) is 33.1 Å². The van der Waals surface area contributed by atoms with E-state index in [4.69, 9.17) is 0 Å². The summed E-state index contributed by atoms with van der Waals surface area (Å²) in [5.41, 5.74) is 0.398. The topological polar surface area (TPSA) is 32.3 Å². The van der Waals surface area contributed by atoms with Gasteiger partial charge in [0, 0.05) is 6.04 Å². The molecule has 1 heterocycles. The minimum absolute atomic E-state index is 0.0191. The quantitative estimate of drug-likeness (QED) is 0.840. The number of rotatable bonds is 2. The second-order valence-electron chi connectivity index (χ2n) is 8.04. The molecule has 20 heavy (non-hydrogen) atoms.